The second-order valence-corrected chi connectivity index (χ2v) is 7.13. The Morgan fingerprint density at radius 2 is 2.00 bits per heavy atom. The summed E-state index contributed by atoms with van der Waals surface area (Å²) >= 11 is 0. The van der Waals surface area contributed by atoms with Crippen molar-refractivity contribution < 1.29 is 19.1 Å². The van der Waals surface area contributed by atoms with E-state index in [0.717, 1.165) is 37.1 Å². The molecule has 0 atom stereocenters. The maximum atomic E-state index is 12.4. The van der Waals surface area contributed by atoms with Gasteiger partial charge in [-0.2, -0.15) is 0 Å². The molecule has 0 unspecified atom stereocenters. The zero-order chi connectivity index (χ0) is 21.3. The Kier molecular flexibility index (Phi) is 7.49. The molecule has 0 aromatic heterocycles. The fourth-order valence-electron chi connectivity index (χ4n) is 3.22. The first-order valence-electron chi connectivity index (χ1n) is 10.3. The summed E-state index contributed by atoms with van der Waals surface area (Å²) in [5, 5.41) is 2.86. The highest BCUT2D eigenvalue weighted by molar-refractivity contribution is 6.03. The van der Waals surface area contributed by atoms with Crippen LogP contribution in [0.1, 0.15) is 38.2 Å². The lowest BCUT2D eigenvalue weighted by Crippen LogP contribution is -2.23. The average molecular weight is 408 g/mol. The van der Waals surface area contributed by atoms with Gasteiger partial charge in [-0.25, -0.2) is 0 Å². The lowest BCUT2D eigenvalue weighted by molar-refractivity contribution is -0.117. The Balaban J connectivity index is 1.64. The van der Waals surface area contributed by atoms with Crippen LogP contribution in [0.15, 0.2) is 48.5 Å². The van der Waals surface area contributed by atoms with Gasteiger partial charge in [-0.1, -0.05) is 25.5 Å². The van der Waals surface area contributed by atoms with Crippen LogP contribution in [-0.4, -0.2) is 32.1 Å². The molecule has 0 radical (unpaired) electrons. The largest absolute Gasteiger partial charge is 0.497 e. The molecule has 1 saturated heterocycles. The molecule has 0 bridgehead atoms. The molecule has 1 N–H and O–H groups in total. The zero-order valence-electron chi connectivity index (χ0n) is 17.5. The third-order valence-corrected chi connectivity index (χ3v) is 4.91. The number of nitrogens with one attached hydrogen (secondary N) is 1. The Bertz CT molecular complexity index is 906. The molecule has 1 heterocycles. The predicted octanol–water partition coefficient (Wildman–Crippen LogP) is 4.65. The van der Waals surface area contributed by atoms with E-state index in [-0.39, 0.29) is 11.8 Å². The molecular weight excluding hydrogens is 380 g/mol. The number of amides is 2. The van der Waals surface area contributed by atoms with Gasteiger partial charge in [0.25, 0.3) is 0 Å². The number of nitrogens with zero attached hydrogens (tertiary/aromatic N) is 1. The van der Waals surface area contributed by atoms with E-state index < -0.39 is 0 Å². The Morgan fingerprint density at radius 3 is 2.67 bits per heavy atom. The summed E-state index contributed by atoms with van der Waals surface area (Å²) in [4.78, 5) is 26.1. The Morgan fingerprint density at radius 1 is 1.20 bits per heavy atom. The van der Waals surface area contributed by atoms with Crippen LogP contribution in [0.4, 0.5) is 11.4 Å². The maximum absolute atomic E-state index is 12.4. The van der Waals surface area contributed by atoms with E-state index in [1.165, 1.54) is 6.08 Å². The summed E-state index contributed by atoms with van der Waals surface area (Å²) < 4.78 is 11.0. The molecular formula is C24H28N2O4. The lowest BCUT2D eigenvalue weighted by Gasteiger charge is -2.15. The van der Waals surface area contributed by atoms with Crippen LogP contribution < -0.4 is 19.7 Å². The molecule has 3 rings (SSSR count). The molecule has 0 aliphatic carbocycles. The minimum atomic E-state index is -0.262. The van der Waals surface area contributed by atoms with Crippen LogP contribution >= 0.6 is 0 Å². The number of hydrogen-bond acceptors (Lipinski definition) is 4. The topological polar surface area (TPSA) is 67.9 Å². The van der Waals surface area contributed by atoms with Crippen LogP contribution in [0.5, 0.6) is 11.5 Å². The van der Waals surface area contributed by atoms with Crippen molar-refractivity contribution in [2.45, 2.75) is 32.6 Å². The van der Waals surface area contributed by atoms with Gasteiger partial charge >= 0.3 is 0 Å². The first-order chi connectivity index (χ1) is 14.6. The van der Waals surface area contributed by atoms with Crippen molar-refractivity contribution in [3.05, 3.63) is 54.1 Å². The van der Waals surface area contributed by atoms with Gasteiger partial charge in [0.1, 0.15) is 11.5 Å². The van der Waals surface area contributed by atoms with Crippen molar-refractivity contribution >= 4 is 29.3 Å². The van der Waals surface area contributed by atoms with Gasteiger partial charge in [0.15, 0.2) is 0 Å². The second kappa shape index (κ2) is 10.5. The third kappa shape index (κ3) is 5.63. The van der Waals surface area contributed by atoms with Crippen molar-refractivity contribution in [3.8, 4) is 11.5 Å². The first-order valence-corrected chi connectivity index (χ1v) is 10.3. The fourth-order valence-corrected chi connectivity index (χ4v) is 3.22. The van der Waals surface area contributed by atoms with Crippen molar-refractivity contribution in [2.24, 2.45) is 0 Å². The fraction of sp³-hybridized carbons (Fsp3) is 0.333. The van der Waals surface area contributed by atoms with E-state index in [2.05, 4.69) is 12.2 Å². The van der Waals surface area contributed by atoms with Gasteiger partial charge in [0.2, 0.25) is 11.8 Å². The van der Waals surface area contributed by atoms with Crippen LogP contribution in [-0.2, 0) is 9.59 Å². The molecule has 6 heteroatoms. The summed E-state index contributed by atoms with van der Waals surface area (Å²) in [5.41, 5.74) is 2.35. The third-order valence-electron chi connectivity index (χ3n) is 4.91. The molecule has 0 spiro atoms. The van der Waals surface area contributed by atoms with Crippen LogP contribution in [0, 0.1) is 0 Å². The SMILES string of the molecule is CCCCOc1ccc(OC)cc1NC(=O)/C=C/c1ccc(N2CCCC2=O)cc1. The highest BCUT2D eigenvalue weighted by Gasteiger charge is 2.21. The summed E-state index contributed by atoms with van der Waals surface area (Å²) in [6.07, 6.45) is 6.70. The molecule has 0 saturated carbocycles. The van der Waals surface area contributed by atoms with Crippen LogP contribution in [0.3, 0.4) is 0 Å². The normalized spacial score (nSPS) is 13.7. The van der Waals surface area contributed by atoms with Gasteiger partial charge in [-0.05, 0) is 48.7 Å². The molecule has 6 nitrogen and oxygen atoms in total. The smallest absolute Gasteiger partial charge is 0.248 e. The lowest BCUT2D eigenvalue weighted by atomic mass is 10.2. The van der Waals surface area contributed by atoms with Crippen molar-refractivity contribution in [3.63, 3.8) is 0 Å². The monoisotopic (exact) mass is 408 g/mol. The molecule has 1 aliphatic heterocycles. The summed E-state index contributed by atoms with van der Waals surface area (Å²) in [5.74, 6) is 1.16. The summed E-state index contributed by atoms with van der Waals surface area (Å²) in [6, 6.07) is 13.0. The van der Waals surface area contributed by atoms with E-state index in [0.29, 0.717) is 30.2 Å². The Labute approximate surface area is 177 Å². The molecule has 158 valence electrons. The number of ether oxygens (including phenoxy) is 2. The minimum absolute atomic E-state index is 0.160. The van der Waals surface area contributed by atoms with Gasteiger partial charge in [-0.15, -0.1) is 0 Å². The highest BCUT2D eigenvalue weighted by Crippen LogP contribution is 2.29. The van der Waals surface area contributed by atoms with E-state index >= 15 is 0 Å². The molecule has 1 aliphatic rings. The second-order valence-electron chi connectivity index (χ2n) is 7.13. The number of methoxy groups -OCH3 is 1. The standard InChI is InChI=1S/C24H28N2O4/c1-3-4-16-30-22-13-12-20(29-2)17-21(22)25-23(27)14-9-18-7-10-19(11-8-18)26-15-5-6-24(26)28/h7-14,17H,3-6,15-16H2,1-2H3,(H,25,27)/b14-9+. The number of unbranched alkanes of at least 4 members (excludes halogenated alkanes) is 1. The van der Waals surface area contributed by atoms with E-state index in [1.54, 1.807) is 36.3 Å². The van der Waals surface area contributed by atoms with Crippen LogP contribution in [0.2, 0.25) is 0 Å². The van der Waals surface area contributed by atoms with Gasteiger partial charge in [0.05, 0.1) is 19.4 Å². The first kappa shape index (κ1) is 21.4. The minimum Gasteiger partial charge on any atom is -0.497 e. The number of hydrogen-bond donors (Lipinski definition) is 1. The molecule has 1 fully saturated rings. The van der Waals surface area contributed by atoms with Gasteiger partial charge in [0, 0.05) is 30.8 Å². The van der Waals surface area contributed by atoms with Crippen LogP contribution in [0.25, 0.3) is 6.08 Å². The number of carbonyl (C=O) groups is 2. The zero-order valence-corrected chi connectivity index (χ0v) is 17.5. The molecule has 2 aromatic rings. The molecule has 2 aromatic carbocycles. The number of rotatable bonds is 9. The highest BCUT2D eigenvalue weighted by atomic mass is 16.5. The van der Waals surface area contributed by atoms with Gasteiger partial charge < -0.3 is 19.7 Å². The van der Waals surface area contributed by atoms with Crippen molar-refractivity contribution in [1.29, 1.82) is 0 Å². The van der Waals surface area contributed by atoms with E-state index in [1.807, 2.05) is 24.3 Å². The van der Waals surface area contributed by atoms with Crippen molar-refractivity contribution in [1.82, 2.24) is 0 Å². The quantitative estimate of drug-likeness (QED) is 0.484. The summed E-state index contributed by atoms with van der Waals surface area (Å²) in [6.45, 7) is 3.45. The van der Waals surface area contributed by atoms with Crippen molar-refractivity contribution in [2.75, 3.05) is 30.5 Å². The molecule has 2 amide bonds. The van der Waals surface area contributed by atoms with Gasteiger partial charge in [-0.3, -0.25) is 9.59 Å². The predicted molar refractivity (Wildman–Crippen MR) is 119 cm³/mol. The summed E-state index contributed by atoms with van der Waals surface area (Å²) in [7, 11) is 1.58. The Hall–Kier alpha value is -3.28. The van der Waals surface area contributed by atoms with E-state index in [4.69, 9.17) is 9.47 Å². The number of anilines is 2. The maximum Gasteiger partial charge on any atom is 0.248 e. The number of benzene rings is 2. The number of carbonyl (C=O) groups excluding carboxylic acids is 2. The molecule has 30 heavy (non-hydrogen) atoms. The average Bonchev–Trinajstić information content (AvgIpc) is 3.19. The van der Waals surface area contributed by atoms with E-state index in [9.17, 15) is 9.59 Å².